The van der Waals surface area contributed by atoms with Crippen LogP contribution in [0.1, 0.15) is 29.3 Å². The van der Waals surface area contributed by atoms with E-state index < -0.39 is 0 Å². The molecule has 1 heterocycles. The number of fused-ring (bicyclic) bond motifs is 1. The van der Waals surface area contributed by atoms with Gasteiger partial charge in [-0.1, -0.05) is 37.6 Å². The fourth-order valence-corrected chi connectivity index (χ4v) is 2.60. The van der Waals surface area contributed by atoms with Crippen LogP contribution in [0.25, 0.3) is 10.9 Å². The highest BCUT2D eigenvalue weighted by Gasteiger charge is 2.12. The zero-order valence-electron chi connectivity index (χ0n) is 12.0. The standard InChI is InChI=1S/C18H18N2O/c1-2-6-13-7-3-4-9-16(13)20-18(21)15-8-5-10-17-14(15)11-12-19-17/h3-5,7-12,19H,2,6H2,1H3,(H,20,21). The number of rotatable bonds is 4. The smallest absolute Gasteiger partial charge is 0.256 e. The number of amides is 1. The second-order valence-corrected chi connectivity index (χ2v) is 5.11. The molecular weight excluding hydrogens is 260 g/mol. The summed E-state index contributed by atoms with van der Waals surface area (Å²) in [7, 11) is 0. The number of aromatic nitrogens is 1. The predicted octanol–water partition coefficient (Wildman–Crippen LogP) is 4.37. The Labute approximate surface area is 124 Å². The fourth-order valence-electron chi connectivity index (χ4n) is 2.60. The van der Waals surface area contributed by atoms with Gasteiger partial charge in [0.15, 0.2) is 0 Å². The highest BCUT2D eigenvalue weighted by Crippen LogP contribution is 2.21. The third-order valence-electron chi connectivity index (χ3n) is 3.62. The Balaban J connectivity index is 1.92. The number of anilines is 1. The molecule has 1 aromatic heterocycles. The van der Waals surface area contributed by atoms with Crippen molar-refractivity contribution >= 4 is 22.5 Å². The Morgan fingerprint density at radius 3 is 2.81 bits per heavy atom. The second-order valence-electron chi connectivity index (χ2n) is 5.11. The lowest BCUT2D eigenvalue weighted by Crippen LogP contribution is -2.13. The van der Waals surface area contributed by atoms with E-state index in [1.165, 1.54) is 5.56 Å². The number of hydrogen-bond donors (Lipinski definition) is 2. The third kappa shape index (κ3) is 2.68. The quantitative estimate of drug-likeness (QED) is 0.731. The summed E-state index contributed by atoms with van der Waals surface area (Å²) < 4.78 is 0. The van der Waals surface area contributed by atoms with Crippen LogP contribution in [0.15, 0.2) is 54.7 Å². The minimum absolute atomic E-state index is 0.0660. The summed E-state index contributed by atoms with van der Waals surface area (Å²) in [6, 6.07) is 15.6. The predicted molar refractivity (Wildman–Crippen MR) is 86.7 cm³/mol. The topological polar surface area (TPSA) is 44.9 Å². The summed E-state index contributed by atoms with van der Waals surface area (Å²) in [4.78, 5) is 15.7. The molecule has 0 radical (unpaired) electrons. The van der Waals surface area contributed by atoms with Crippen LogP contribution in [0.2, 0.25) is 0 Å². The minimum Gasteiger partial charge on any atom is -0.361 e. The molecular formula is C18H18N2O. The Bertz CT molecular complexity index is 773. The zero-order valence-corrected chi connectivity index (χ0v) is 12.0. The monoisotopic (exact) mass is 278 g/mol. The van der Waals surface area contributed by atoms with E-state index in [0.29, 0.717) is 5.56 Å². The summed E-state index contributed by atoms with van der Waals surface area (Å²) in [6.07, 6.45) is 3.87. The van der Waals surface area contributed by atoms with Gasteiger partial charge in [-0.2, -0.15) is 0 Å². The largest absolute Gasteiger partial charge is 0.361 e. The molecule has 0 saturated carbocycles. The SMILES string of the molecule is CCCc1ccccc1NC(=O)c1cccc2[nH]ccc12. The van der Waals surface area contributed by atoms with Gasteiger partial charge in [0, 0.05) is 28.4 Å². The number of aryl methyl sites for hydroxylation is 1. The van der Waals surface area contributed by atoms with Crippen LogP contribution in [0.4, 0.5) is 5.69 Å². The first-order chi connectivity index (χ1) is 10.3. The third-order valence-corrected chi connectivity index (χ3v) is 3.62. The number of carbonyl (C=O) groups is 1. The van der Waals surface area contributed by atoms with Crippen LogP contribution in [-0.2, 0) is 6.42 Å². The van der Waals surface area contributed by atoms with E-state index in [-0.39, 0.29) is 5.91 Å². The van der Waals surface area contributed by atoms with Crippen molar-refractivity contribution in [2.45, 2.75) is 19.8 Å². The maximum atomic E-state index is 12.6. The van der Waals surface area contributed by atoms with Gasteiger partial charge in [0.1, 0.15) is 0 Å². The molecule has 21 heavy (non-hydrogen) atoms. The van der Waals surface area contributed by atoms with Crippen molar-refractivity contribution in [3.63, 3.8) is 0 Å². The summed E-state index contributed by atoms with van der Waals surface area (Å²) >= 11 is 0. The highest BCUT2D eigenvalue weighted by atomic mass is 16.1. The molecule has 0 unspecified atom stereocenters. The zero-order chi connectivity index (χ0) is 14.7. The van der Waals surface area contributed by atoms with E-state index in [2.05, 4.69) is 23.3 Å². The Kier molecular flexibility index (Phi) is 3.73. The van der Waals surface area contributed by atoms with E-state index in [1.807, 2.05) is 48.7 Å². The van der Waals surface area contributed by atoms with Gasteiger partial charge in [-0.3, -0.25) is 4.79 Å². The van der Waals surface area contributed by atoms with Gasteiger partial charge in [0.2, 0.25) is 0 Å². The summed E-state index contributed by atoms with van der Waals surface area (Å²) in [5, 5.41) is 3.99. The van der Waals surface area contributed by atoms with Gasteiger partial charge >= 0.3 is 0 Å². The Morgan fingerprint density at radius 1 is 1.10 bits per heavy atom. The molecule has 3 rings (SSSR count). The van der Waals surface area contributed by atoms with Crippen molar-refractivity contribution in [1.29, 1.82) is 0 Å². The summed E-state index contributed by atoms with van der Waals surface area (Å²) in [6.45, 7) is 2.14. The van der Waals surface area contributed by atoms with Crippen LogP contribution in [0, 0.1) is 0 Å². The number of H-pyrrole nitrogens is 1. The lowest BCUT2D eigenvalue weighted by Gasteiger charge is -2.11. The van der Waals surface area contributed by atoms with E-state index in [0.717, 1.165) is 29.4 Å². The lowest BCUT2D eigenvalue weighted by atomic mass is 10.1. The van der Waals surface area contributed by atoms with Crippen LogP contribution < -0.4 is 5.32 Å². The van der Waals surface area contributed by atoms with Crippen molar-refractivity contribution in [1.82, 2.24) is 4.98 Å². The van der Waals surface area contributed by atoms with Crippen LogP contribution in [0.3, 0.4) is 0 Å². The molecule has 0 aliphatic rings. The van der Waals surface area contributed by atoms with Crippen molar-refractivity contribution in [2.75, 3.05) is 5.32 Å². The Morgan fingerprint density at radius 2 is 1.95 bits per heavy atom. The molecule has 3 nitrogen and oxygen atoms in total. The first-order valence-electron chi connectivity index (χ1n) is 7.25. The molecule has 1 amide bonds. The summed E-state index contributed by atoms with van der Waals surface area (Å²) in [5.41, 5.74) is 3.75. The van der Waals surface area contributed by atoms with Crippen molar-refractivity contribution in [3.05, 3.63) is 65.9 Å². The number of hydrogen-bond acceptors (Lipinski definition) is 1. The van der Waals surface area contributed by atoms with Crippen LogP contribution in [0.5, 0.6) is 0 Å². The van der Waals surface area contributed by atoms with E-state index in [4.69, 9.17) is 0 Å². The van der Waals surface area contributed by atoms with E-state index in [1.54, 1.807) is 0 Å². The van der Waals surface area contributed by atoms with Gasteiger partial charge in [-0.15, -0.1) is 0 Å². The van der Waals surface area contributed by atoms with Crippen molar-refractivity contribution in [2.24, 2.45) is 0 Å². The molecule has 0 aliphatic carbocycles. The molecule has 106 valence electrons. The normalized spacial score (nSPS) is 10.7. The molecule has 0 atom stereocenters. The van der Waals surface area contributed by atoms with Gasteiger partial charge < -0.3 is 10.3 Å². The number of benzene rings is 2. The fraction of sp³-hybridized carbons (Fsp3) is 0.167. The minimum atomic E-state index is -0.0660. The summed E-state index contributed by atoms with van der Waals surface area (Å²) in [5.74, 6) is -0.0660. The molecule has 0 fully saturated rings. The number of aromatic amines is 1. The Hall–Kier alpha value is -2.55. The lowest BCUT2D eigenvalue weighted by molar-refractivity contribution is 0.102. The maximum absolute atomic E-state index is 12.6. The number of nitrogens with one attached hydrogen (secondary N) is 2. The van der Waals surface area contributed by atoms with Crippen molar-refractivity contribution < 1.29 is 4.79 Å². The molecule has 0 spiro atoms. The first kappa shape index (κ1) is 13.4. The molecule has 2 N–H and O–H groups in total. The van der Waals surface area contributed by atoms with Crippen LogP contribution >= 0.6 is 0 Å². The van der Waals surface area contributed by atoms with Crippen LogP contribution in [-0.4, -0.2) is 10.9 Å². The van der Waals surface area contributed by atoms with E-state index >= 15 is 0 Å². The van der Waals surface area contributed by atoms with Crippen molar-refractivity contribution in [3.8, 4) is 0 Å². The van der Waals surface area contributed by atoms with Gasteiger partial charge in [-0.25, -0.2) is 0 Å². The second kappa shape index (κ2) is 5.83. The van der Waals surface area contributed by atoms with E-state index in [9.17, 15) is 4.79 Å². The molecule has 0 saturated heterocycles. The van der Waals surface area contributed by atoms with Gasteiger partial charge in [-0.05, 0) is 36.2 Å². The maximum Gasteiger partial charge on any atom is 0.256 e. The average Bonchev–Trinajstić information content (AvgIpc) is 2.97. The molecule has 0 aliphatic heterocycles. The van der Waals surface area contributed by atoms with Gasteiger partial charge in [0.05, 0.1) is 0 Å². The molecule has 3 aromatic rings. The molecule has 0 bridgehead atoms. The highest BCUT2D eigenvalue weighted by molar-refractivity contribution is 6.12. The van der Waals surface area contributed by atoms with Gasteiger partial charge in [0.25, 0.3) is 5.91 Å². The first-order valence-corrected chi connectivity index (χ1v) is 7.25. The number of carbonyl (C=O) groups excluding carboxylic acids is 1. The molecule has 3 heteroatoms. The molecule has 2 aromatic carbocycles. The average molecular weight is 278 g/mol. The number of para-hydroxylation sites is 1.